The summed E-state index contributed by atoms with van der Waals surface area (Å²) in [6.07, 6.45) is 0.0128. The van der Waals surface area contributed by atoms with Crippen molar-refractivity contribution in [3.63, 3.8) is 0 Å². The summed E-state index contributed by atoms with van der Waals surface area (Å²) in [5.41, 5.74) is 2.30. The molecule has 0 spiro atoms. The average molecular weight is 311 g/mol. The first-order valence-electron chi connectivity index (χ1n) is 7.38. The highest BCUT2D eigenvalue weighted by molar-refractivity contribution is 6.32. The lowest BCUT2D eigenvalue weighted by atomic mass is 10.0. The van der Waals surface area contributed by atoms with Crippen molar-refractivity contribution in [3.05, 3.63) is 27.8 Å². The molecule has 0 radical (unpaired) electrons. The Morgan fingerprint density at radius 3 is 2.52 bits per heavy atom. The minimum absolute atomic E-state index is 0.00949. The zero-order valence-electron chi connectivity index (χ0n) is 13.1. The molecule has 0 aliphatic carbocycles. The molecule has 1 N–H and O–H groups in total. The van der Waals surface area contributed by atoms with Crippen molar-refractivity contribution >= 4 is 17.5 Å². The van der Waals surface area contributed by atoms with E-state index in [0.29, 0.717) is 29.4 Å². The van der Waals surface area contributed by atoms with Crippen LogP contribution in [0.25, 0.3) is 0 Å². The Hall–Kier alpha value is -1.26. The van der Waals surface area contributed by atoms with Gasteiger partial charge in [-0.05, 0) is 44.9 Å². The number of piperazine rings is 1. The number of benzene rings is 1. The van der Waals surface area contributed by atoms with Gasteiger partial charge in [0.2, 0.25) is 0 Å². The van der Waals surface area contributed by atoms with Gasteiger partial charge in [0, 0.05) is 31.2 Å². The number of nitrogens with zero attached hydrogens (tertiary/aromatic N) is 1. The average Bonchev–Trinajstić information content (AvgIpc) is 2.45. The van der Waals surface area contributed by atoms with Crippen molar-refractivity contribution in [2.24, 2.45) is 0 Å². The fourth-order valence-electron chi connectivity index (χ4n) is 2.52. The number of aryl methyl sites for hydroxylation is 1. The Kier molecular flexibility index (Phi) is 5.12. The van der Waals surface area contributed by atoms with E-state index in [0.717, 1.165) is 24.2 Å². The summed E-state index contributed by atoms with van der Waals surface area (Å²) in [6.45, 7) is 10.8. The Labute approximate surface area is 131 Å². The van der Waals surface area contributed by atoms with E-state index in [4.69, 9.17) is 16.3 Å². The van der Waals surface area contributed by atoms with Gasteiger partial charge in [0.25, 0.3) is 5.91 Å². The van der Waals surface area contributed by atoms with Crippen molar-refractivity contribution in [2.45, 2.75) is 33.8 Å². The molecule has 1 aliphatic rings. The van der Waals surface area contributed by atoms with E-state index in [1.54, 1.807) is 0 Å². The summed E-state index contributed by atoms with van der Waals surface area (Å²) in [6, 6.07) is 1.86. The molecular formula is C16H23ClN2O2. The largest absolute Gasteiger partial charge is 0.490 e. The molecule has 1 saturated heterocycles. The Bertz CT molecular complexity index is 538. The van der Waals surface area contributed by atoms with Gasteiger partial charge in [-0.15, -0.1) is 0 Å². The highest BCUT2D eigenvalue weighted by atomic mass is 35.5. The van der Waals surface area contributed by atoms with Gasteiger partial charge in [-0.1, -0.05) is 11.6 Å². The first kappa shape index (κ1) is 16.1. The number of amides is 1. The Morgan fingerprint density at radius 1 is 1.33 bits per heavy atom. The number of rotatable bonds is 3. The molecule has 1 amide bonds. The number of ether oxygens (including phenoxy) is 1. The van der Waals surface area contributed by atoms with E-state index >= 15 is 0 Å². The van der Waals surface area contributed by atoms with Crippen LogP contribution in [0.2, 0.25) is 5.02 Å². The summed E-state index contributed by atoms with van der Waals surface area (Å²) in [7, 11) is 0. The zero-order chi connectivity index (χ0) is 15.6. The summed E-state index contributed by atoms with van der Waals surface area (Å²) in [4.78, 5) is 14.7. The van der Waals surface area contributed by atoms with Crippen molar-refractivity contribution in [1.82, 2.24) is 10.2 Å². The molecule has 0 unspecified atom stereocenters. The lowest BCUT2D eigenvalue weighted by Gasteiger charge is -2.29. The third kappa shape index (κ3) is 3.50. The molecule has 21 heavy (non-hydrogen) atoms. The van der Waals surface area contributed by atoms with Crippen molar-refractivity contribution in [3.8, 4) is 5.75 Å². The second-order valence-corrected chi connectivity index (χ2v) is 6.12. The SMILES string of the molecule is Cc1cc(Cl)c(C)c(C(=O)N2CCNCC2)c1OC(C)C. The minimum atomic E-state index is 0.00949. The van der Waals surface area contributed by atoms with Gasteiger partial charge in [-0.3, -0.25) is 4.79 Å². The number of halogens is 1. The summed E-state index contributed by atoms with van der Waals surface area (Å²) in [5.74, 6) is 0.672. The van der Waals surface area contributed by atoms with Crippen molar-refractivity contribution in [2.75, 3.05) is 26.2 Å². The van der Waals surface area contributed by atoms with Crippen LogP contribution in [-0.4, -0.2) is 43.1 Å². The van der Waals surface area contributed by atoms with Gasteiger partial charge in [0.1, 0.15) is 5.75 Å². The quantitative estimate of drug-likeness (QED) is 0.933. The molecule has 1 aromatic rings. The lowest BCUT2D eigenvalue weighted by Crippen LogP contribution is -2.46. The molecule has 116 valence electrons. The van der Waals surface area contributed by atoms with Gasteiger partial charge in [0.05, 0.1) is 11.7 Å². The van der Waals surface area contributed by atoms with E-state index < -0.39 is 0 Å². The molecule has 0 saturated carbocycles. The molecule has 1 aliphatic heterocycles. The first-order chi connectivity index (χ1) is 9.91. The summed E-state index contributed by atoms with van der Waals surface area (Å²) < 4.78 is 5.90. The molecule has 5 heteroatoms. The highest BCUT2D eigenvalue weighted by Gasteiger charge is 2.26. The van der Waals surface area contributed by atoms with E-state index in [-0.39, 0.29) is 12.0 Å². The summed E-state index contributed by atoms with van der Waals surface area (Å²) in [5, 5.41) is 3.87. The van der Waals surface area contributed by atoms with Gasteiger partial charge in [-0.25, -0.2) is 0 Å². The predicted octanol–water partition coefficient (Wildman–Crippen LogP) is 2.79. The van der Waals surface area contributed by atoms with E-state index in [1.807, 2.05) is 38.7 Å². The van der Waals surface area contributed by atoms with Gasteiger partial charge >= 0.3 is 0 Å². The van der Waals surface area contributed by atoms with Crippen molar-refractivity contribution < 1.29 is 9.53 Å². The van der Waals surface area contributed by atoms with E-state index in [2.05, 4.69) is 5.32 Å². The predicted molar refractivity (Wildman–Crippen MR) is 85.5 cm³/mol. The molecule has 0 bridgehead atoms. The second kappa shape index (κ2) is 6.67. The monoisotopic (exact) mass is 310 g/mol. The van der Waals surface area contributed by atoms with Crippen LogP contribution in [-0.2, 0) is 0 Å². The molecule has 2 rings (SSSR count). The second-order valence-electron chi connectivity index (χ2n) is 5.71. The fraction of sp³-hybridized carbons (Fsp3) is 0.562. The summed E-state index contributed by atoms with van der Waals surface area (Å²) >= 11 is 6.27. The third-order valence-electron chi connectivity index (χ3n) is 3.63. The van der Waals surface area contributed by atoms with Crippen LogP contribution >= 0.6 is 11.6 Å². The zero-order valence-corrected chi connectivity index (χ0v) is 13.9. The number of hydrogen-bond acceptors (Lipinski definition) is 3. The van der Waals surface area contributed by atoms with Crippen LogP contribution in [0.4, 0.5) is 0 Å². The van der Waals surface area contributed by atoms with Crippen molar-refractivity contribution in [1.29, 1.82) is 0 Å². The number of hydrogen-bond donors (Lipinski definition) is 1. The molecule has 1 aromatic carbocycles. The van der Waals surface area contributed by atoms with Crippen LogP contribution < -0.4 is 10.1 Å². The number of carbonyl (C=O) groups excluding carboxylic acids is 1. The van der Waals surface area contributed by atoms with E-state index in [9.17, 15) is 4.79 Å². The Balaban J connectivity index is 2.46. The normalized spacial score (nSPS) is 15.4. The lowest BCUT2D eigenvalue weighted by molar-refractivity contribution is 0.0728. The molecular weight excluding hydrogens is 288 g/mol. The molecule has 1 fully saturated rings. The molecule has 0 atom stereocenters. The molecule has 1 heterocycles. The van der Waals surface area contributed by atoms with Crippen LogP contribution in [0.15, 0.2) is 6.07 Å². The first-order valence-corrected chi connectivity index (χ1v) is 7.76. The standard InChI is InChI=1S/C16H23ClN2O2/c1-10(2)21-15-11(3)9-13(17)12(4)14(15)16(20)19-7-5-18-6-8-19/h9-10,18H,5-8H2,1-4H3. The topological polar surface area (TPSA) is 41.6 Å². The maximum absolute atomic E-state index is 12.9. The van der Waals surface area contributed by atoms with Crippen LogP contribution in [0.3, 0.4) is 0 Å². The maximum atomic E-state index is 12.9. The highest BCUT2D eigenvalue weighted by Crippen LogP contribution is 2.34. The third-order valence-corrected chi connectivity index (χ3v) is 4.03. The number of nitrogens with one attached hydrogen (secondary N) is 1. The van der Waals surface area contributed by atoms with Crippen LogP contribution in [0.1, 0.15) is 35.3 Å². The van der Waals surface area contributed by atoms with Crippen LogP contribution in [0.5, 0.6) is 5.75 Å². The fourth-order valence-corrected chi connectivity index (χ4v) is 2.78. The maximum Gasteiger partial charge on any atom is 0.258 e. The minimum Gasteiger partial charge on any atom is -0.490 e. The van der Waals surface area contributed by atoms with E-state index in [1.165, 1.54) is 0 Å². The van der Waals surface area contributed by atoms with Gasteiger partial charge in [0.15, 0.2) is 0 Å². The van der Waals surface area contributed by atoms with Gasteiger partial charge in [-0.2, -0.15) is 0 Å². The molecule has 4 nitrogen and oxygen atoms in total. The Morgan fingerprint density at radius 2 is 1.95 bits per heavy atom. The molecule has 0 aromatic heterocycles. The number of carbonyl (C=O) groups is 1. The smallest absolute Gasteiger partial charge is 0.258 e. The van der Waals surface area contributed by atoms with Gasteiger partial charge < -0.3 is 15.0 Å². The van der Waals surface area contributed by atoms with Crippen LogP contribution in [0, 0.1) is 13.8 Å².